The molecule has 1 atom stereocenters. The molecule has 3 heteroatoms. The molecule has 0 aromatic heterocycles. The van der Waals surface area contributed by atoms with Crippen LogP contribution >= 0.6 is 0 Å². The van der Waals surface area contributed by atoms with Gasteiger partial charge in [0.25, 0.3) is 0 Å². The lowest BCUT2D eigenvalue weighted by Gasteiger charge is -2.42. The molecule has 0 aromatic rings. The lowest BCUT2D eigenvalue weighted by atomic mass is 9.78. The molecule has 0 amide bonds. The fraction of sp³-hybridized carbons (Fsp3) is 0.941. The van der Waals surface area contributed by atoms with Crippen LogP contribution in [0.2, 0.25) is 0 Å². The second-order valence-electron chi connectivity index (χ2n) is 7.72. The van der Waals surface area contributed by atoms with Crippen LogP contribution < -0.4 is 5.32 Å². The van der Waals surface area contributed by atoms with Gasteiger partial charge in [0.05, 0.1) is 6.07 Å². The number of hydrogen-bond donors (Lipinski definition) is 1. The van der Waals surface area contributed by atoms with E-state index in [1.54, 1.807) is 0 Å². The van der Waals surface area contributed by atoms with Crippen molar-refractivity contribution in [3.05, 3.63) is 0 Å². The minimum absolute atomic E-state index is 0.249. The first kappa shape index (κ1) is 14.4. The van der Waals surface area contributed by atoms with E-state index in [1.165, 1.54) is 58.0 Å². The van der Waals surface area contributed by atoms with E-state index in [0.29, 0.717) is 17.4 Å². The van der Waals surface area contributed by atoms with Gasteiger partial charge in [0, 0.05) is 12.6 Å². The highest BCUT2D eigenvalue weighted by Gasteiger charge is 2.49. The fourth-order valence-electron chi connectivity index (χ4n) is 3.58. The van der Waals surface area contributed by atoms with Crippen molar-refractivity contribution in [1.82, 2.24) is 10.2 Å². The second-order valence-corrected chi connectivity index (χ2v) is 7.72. The molecular weight excluding hydrogens is 246 g/mol. The topological polar surface area (TPSA) is 39.1 Å². The summed E-state index contributed by atoms with van der Waals surface area (Å²) in [5.74, 6) is 0.604. The summed E-state index contributed by atoms with van der Waals surface area (Å²) >= 11 is 0. The highest BCUT2D eigenvalue weighted by molar-refractivity contribution is 5.18. The first-order valence-electron chi connectivity index (χ1n) is 8.50. The summed E-state index contributed by atoms with van der Waals surface area (Å²) in [5, 5.41) is 13.5. The maximum absolute atomic E-state index is 9.80. The number of likely N-dealkylation sites (tertiary alicyclic amines) is 1. The summed E-state index contributed by atoms with van der Waals surface area (Å²) in [5.41, 5.74) is 0.288. The van der Waals surface area contributed by atoms with Crippen molar-refractivity contribution in [3.8, 4) is 6.07 Å². The van der Waals surface area contributed by atoms with Crippen LogP contribution in [0.15, 0.2) is 0 Å². The predicted octanol–water partition coefficient (Wildman–Crippen LogP) is 2.92. The second kappa shape index (κ2) is 5.31. The molecule has 3 nitrogen and oxygen atoms in total. The highest BCUT2D eigenvalue weighted by Crippen LogP contribution is 2.43. The van der Waals surface area contributed by atoms with E-state index < -0.39 is 0 Å². The SMILES string of the molecule is CCC1(C)CCN(CC(C#N)(NC2CC2)C2CC2)CC1. The van der Waals surface area contributed by atoms with Gasteiger partial charge in [-0.25, -0.2) is 0 Å². The Morgan fingerprint density at radius 1 is 1.25 bits per heavy atom. The first-order valence-corrected chi connectivity index (χ1v) is 8.50. The van der Waals surface area contributed by atoms with Crippen molar-refractivity contribution in [2.24, 2.45) is 11.3 Å². The van der Waals surface area contributed by atoms with E-state index in [0.717, 1.165) is 6.54 Å². The highest BCUT2D eigenvalue weighted by atomic mass is 15.2. The summed E-state index contributed by atoms with van der Waals surface area (Å²) in [7, 11) is 0. The van der Waals surface area contributed by atoms with Crippen LogP contribution in [0.25, 0.3) is 0 Å². The quantitative estimate of drug-likeness (QED) is 0.810. The predicted molar refractivity (Wildman–Crippen MR) is 81.3 cm³/mol. The molecule has 3 aliphatic rings. The normalized spacial score (nSPS) is 29.6. The maximum Gasteiger partial charge on any atom is 0.122 e. The Labute approximate surface area is 123 Å². The molecule has 1 saturated heterocycles. The third-order valence-corrected chi connectivity index (χ3v) is 5.90. The van der Waals surface area contributed by atoms with E-state index in [4.69, 9.17) is 0 Å². The zero-order valence-corrected chi connectivity index (χ0v) is 13.1. The molecule has 0 bridgehead atoms. The smallest absolute Gasteiger partial charge is 0.122 e. The van der Waals surface area contributed by atoms with Crippen LogP contribution in [0, 0.1) is 22.7 Å². The van der Waals surface area contributed by atoms with Gasteiger partial charge < -0.3 is 4.90 Å². The van der Waals surface area contributed by atoms with Crippen LogP contribution in [0.1, 0.15) is 58.8 Å². The lowest BCUT2D eigenvalue weighted by Crippen LogP contribution is -2.56. The van der Waals surface area contributed by atoms with Crippen molar-refractivity contribution < 1.29 is 0 Å². The Kier molecular flexibility index (Phi) is 3.81. The van der Waals surface area contributed by atoms with Crippen LogP contribution in [0.4, 0.5) is 0 Å². The zero-order chi connectivity index (χ0) is 14.2. The van der Waals surface area contributed by atoms with Crippen molar-refractivity contribution >= 4 is 0 Å². The van der Waals surface area contributed by atoms with Crippen LogP contribution in [0.5, 0.6) is 0 Å². The summed E-state index contributed by atoms with van der Waals surface area (Å²) in [6.45, 7) is 8.03. The number of nitrogens with one attached hydrogen (secondary N) is 1. The van der Waals surface area contributed by atoms with E-state index in [9.17, 15) is 5.26 Å². The fourth-order valence-corrected chi connectivity index (χ4v) is 3.58. The van der Waals surface area contributed by atoms with Crippen molar-refractivity contribution in [2.75, 3.05) is 19.6 Å². The molecule has 112 valence electrons. The Bertz CT molecular complexity index is 384. The Balaban J connectivity index is 1.61. The van der Waals surface area contributed by atoms with Gasteiger partial charge >= 0.3 is 0 Å². The molecule has 1 N–H and O–H groups in total. The summed E-state index contributed by atoms with van der Waals surface area (Å²) in [4.78, 5) is 2.55. The third-order valence-electron chi connectivity index (χ3n) is 5.90. The van der Waals surface area contributed by atoms with Crippen molar-refractivity contribution in [3.63, 3.8) is 0 Å². The number of rotatable bonds is 6. The van der Waals surface area contributed by atoms with Gasteiger partial charge in [-0.3, -0.25) is 5.32 Å². The van der Waals surface area contributed by atoms with E-state index in [1.807, 2.05) is 0 Å². The van der Waals surface area contributed by atoms with Gasteiger partial charge in [-0.15, -0.1) is 0 Å². The van der Waals surface area contributed by atoms with Gasteiger partial charge in [0.1, 0.15) is 5.54 Å². The standard InChI is InChI=1S/C17H29N3/c1-3-16(2)8-10-20(11-9-16)13-17(12-18,14-4-5-14)19-15-6-7-15/h14-15,19H,3-11,13H2,1-2H3. The summed E-state index contributed by atoms with van der Waals surface area (Å²) in [6, 6.07) is 3.30. The number of piperidine rings is 1. The minimum Gasteiger partial charge on any atom is -0.300 e. The molecule has 20 heavy (non-hydrogen) atoms. The monoisotopic (exact) mass is 275 g/mol. The molecule has 1 aliphatic heterocycles. The largest absolute Gasteiger partial charge is 0.300 e. The third kappa shape index (κ3) is 3.02. The Hall–Kier alpha value is -0.590. The molecule has 0 radical (unpaired) electrons. The van der Waals surface area contributed by atoms with Crippen molar-refractivity contribution in [2.45, 2.75) is 70.4 Å². The lowest BCUT2D eigenvalue weighted by molar-refractivity contribution is 0.0917. The minimum atomic E-state index is -0.249. The van der Waals surface area contributed by atoms with Gasteiger partial charge in [0.2, 0.25) is 0 Å². The van der Waals surface area contributed by atoms with Gasteiger partial charge in [-0.2, -0.15) is 5.26 Å². The Morgan fingerprint density at radius 3 is 2.35 bits per heavy atom. The average Bonchev–Trinajstić information content (AvgIpc) is 3.33. The van der Waals surface area contributed by atoms with E-state index >= 15 is 0 Å². The summed E-state index contributed by atoms with van der Waals surface area (Å²) < 4.78 is 0. The molecular formula is C17H29N3. The maximum atomic E-state index is 9.80. The molecule has 3 fully saturated rings. The van der Waals surface area contributed by atoms with Crippen LogP contribution in [0.3, 0.4) is 0 Å². The molecule has 2 aliphatic carbocycles. The van der Waals surface area contributed by atoms with Crippen LogP contribution in [-0.2, 0) is 0 Å². The van der Waals surface area contributed by atoms with E-state index in [2.05, 4.69) is 30.1 Å². The molecule has 2 saturated carbocycles. The molecule has 1 unspecified atom stereocenters. The van der Waals surface area contributed by atoms with E-state index in [-0.39, 0.29) is 5.54 Å². The van der Waals surface area contributed by atoms with Gasteiger partial charge in [0.15, 0.2) is 0 Å². The number of nitriles is 1. The molecule has 1 heterocycles. The van der Waals surface area contributed by atoms with Crippen molar-refractivity contribution in [1.29, 1.82) is 5.26 Å². The Morgan fingerprint density at radius 2 is 1.90 bits per heavy atom. The zero-order valence-electron chi connectivity index (χ0n) is 13.1. The number of hydrogen-bond acceptors (Lipinski definition) is 3. The molecule has 0 spiro atoms. The van der Waals surface area contributed by atoms with Gasteiger partial charge in [-0.05, 0) is 62.9 Å². The summed E-state index contributed by atoms with van der Waals surface area (Å²) in [6.07, 6.45) is 8.89. The average molecular weight is 275 g/mol. The van der Waals surface area contributed by atoms with Gasteiger partial charge in [-0.1, -0.05) is 20.3 Å². The van der Waals surface area contributed by atoms with Crippen LogP contribution in [-0.4, -0.2) is 36.1 Å². The first-order chi connectivity index (χ1) is 9.59. The molecule has 0 aromatic carbocycles. The number of nitrogens with zero attached hydrogens (tertiary/aromatic N) is 2. The molecule has 3 rings (SSSR count).